The van der Waals surface area contributed by atoms with E-state index in [1.54, 1.807) is 30.3 Å². The highest BCUT2D eigenvalue weighted by molar-refractivity contribution is 6.03. The van der Waals surface area contributed by atoms with Crippen molar-refractivity contribution in [1.29, 1.82) is 0 Å². The Kier molecular flexibility index (Phi) is 7.22. The van der Waals surface area contributed by atoms with Crippen LogP contribution in [-0.4, -0.2) is 38.3 Å². The van der Waals surface area contributed by atoms with Gasteiger partial charge in [0.1, 0.15) is 18.1 Å². The number of rotatable bonds is 8. The Bertz CT molecular complexity index is 1160. The molecule has 0 radical (unpaired) electrons. The molecule has 7 heteroatoms. The first-order valence-corrected chi connectivity index (χ1v) is 9.45. The maximum Gasteiger partial charge on any atom is 0.259 e. The highest BCUT2D eigenvalue weighted by Gasteiger charge is 2.12. The zero-order chi connectivity index (χ0) is 22.1. The molecule has 0 unspecified atom stereocenters. The summed E-state index contributed by atoms with van der Waals surface area (Å²) in [7, 11) is 1.47. The summed E-state index contributed by atoms with van der Waals surface area (Å²) in [6, 6.07) is 18.2. The summed E-state index contributed by atoms with van der Waals surface area (Å²) in [4.78, 5) is 24.4. The second kappa shape index (κ2) is 10.5. The molecule has 0 spiro atoms. The Morgan fingerprint density at radius 3 is 2.65 bits per heavy atom. The zero-order valence-electron chi connectivity index (χ0n) is 16.9. The number of carbonyl (C=O) groups excluding carboxylic acids is 2. The van der Waals surface area contributed by atoms with Crippen molar-refractivity contribution in [2.24, 2.45) is 5.10 Å². The number of fused-ring (bicyclic) bond motifs is 1. The van der Waals surface area contributed by atoms with Gasteiger partial charge in [-0.3, -0.25) is 9.59 Å². The van der Waals surface area contributed by atoms with Crippen molar-refractivity contribution < 1.29 is 19.1 Å². The molecule has 0 saturated heterocycles. The van der Waals surface area contributed by atoms with Crippen molar-refractivity contribution in [2.75, 3.05) is 20.3 Å². The summed E-state index contributed by atoms with van der Waals surface area (Å²) in [5, 5.41) is 8.45. The third-order valence-corrected chi connectivity index (χ3v) is 4.39. The van der Waals surface area contributed by atoms with Crippen LogP contribution in [0.4, 0.5) is 0 Å². The Labute approximate surface area is 180 Å². The van der Waals surface area contributed by atoms with Crippen LogP contribution in [0, 0.1) is 12.3 Å². The van der Waals surface area contributed by atoms with Crippen molar-refractivity contribution in [3.8, 4) is 23.8 Å². The molecule has 0 bridgehead atoms. The maximum atomic E-state index is 12.3. The molecule has 0 aliphatic carbocycles. The molecule has 2 amide bonds. The van der Waals surface area contributed by atoms with E-state index in [0.29, 0.717) is 22.6 Å². The number of ether oxygens (including phenoxy) is 2. The maximum absolute atomic E-state index is 12.3. The zero-order valence-corrected chi connectivity index (χ0v) is 16.9. The SMILES string of the molecule is C#CCOc1ccc2ccccc2c1C=NNC(=O)CNC(=O)c1ccccc1OC. The summed E-state index contributed by atoms with van der Waals surface area (Å²) >= 11 is 0. The summed E-state index contributed by atoms with van der Waals surface area (Å²) in [6.07, 6.45) is 6.78. The predicted molar refractivity (Wildman–Crippen MR) is 119 cm³/mol. The molecule has 2 N–H and O–H groups in total. The predicted octanol–water partition coefficient (Wildman–Crippen LogP) is 2.74. The average molecular weight is 415 g/mol. The van der Waals surface area contributed by atoms with Crippen LogP contribution in [0.3, 0.4) is 0 Å². The summed E-state index contributed by atoms with van der Waals surface area (Å²) < 4.78 is 10.7. The van der Waals surface area contributed by atoms with Gasteiger partial charge in [-0.25, -0.2) is 5.43 Å². The van der Waals surface area contributed by atoms with Crippen molar-refractivity contribution in [3.63, 3.8) is 0 Å². The lowest BCUT2D eigenvalue weighted by Gasteiger charge is -2.10. The third-order valence-electron chi connectivity index (χ3n) is 4.39. The molecule has 7 nitrogen and oxygen atoms in total. The van der Waals surface area contributed by atoms with Gasteiger partial charge in [0.05, 0.1) is 25.4 Å². The van der Waals surface area contributed by atoms with Crippen molar-refractivity contribution >= 4 is 28.8 Å². The van der Waals surface area contributed by atoms with E-state index in [9.17, 15) is 9.59 Å². The first kappa shape index (κ1) is 21.4. The van der Waals surface area contributed by atoms with Crippen LogP contribution in [0.1, 0.15) is 15.9 Å². The summed E-state index contributed by atoms with van der Waals surface area (Å²) in [5.74, 6) is 2.51. The van der Waals surface area contributed by atoms with Crippen LogP contribution in [-0.2, 0) is 4.79 Å². The molecular weight excluding hydrogens is 394 g/mol. The van der Waals surface area contributed by atoms with Gasteiger partial charge in [-0.15, -0.1) is 6.42 Å². The fourth-order valence-corrected chi connectivity index (χ4v) is 2.95. The van der Waals surface area contributed by atoms with Crippen molar-refractivity contribution in [2.45, 2.75) is 0 Å². The standard InChI is InChI=1S/C24H21N3O4/c1-3-14-31-22-13-12-17-8-4-5-9-18(17)20(22)15-26-27-23(28)16-25-24(29)19-10-6-7-11-21(19)30-2/h1,4-13,15H,14,16H2,2H3,(H,25,29)(H,27,28). The quantitative estimate of drug-likeness (QED) is 0.336. The minimum absolute atomic E-state index is 0.112. The van der Waals surface area contributed by atoms with Crippen LogP contribution in [0.25, 0.3) is 10.8 Å². The number of benzene rings is 3. The second-order valence-corrected chi connectivity index (χ2v) is 6.37. The van der Waals surface area contributed by atoms with Gasteiger partial charge in [-0.1, -0.05) is 48.4 Å². The normalized spacial score (nSPS) is 10.5. The molecule has 0 saturated carbocycles. The number of terminal acetylenes is 1. The van der Waals surface area contributed by atoms with Crippen LogP contribution in [0.15, 0.2) is 65.8 Å². The van der Waals surface area contributed by atoms with E-state index >= 15 is 0 Å². The van der Waals surface area contributed by atoms with Gasteiger partial charge < -0.3 is 14.8 Å². The molecule has 31 heavy (non-hydrogen) atoms. The van der Waals surface area contributed by atoms with Gasteiger partial charge in [-0.05, 0) is 29.0 Å². The summed E-state index contributed by atoms with van der Waals surface area (Å²) in [5.41, 5.74) is 3.43. The minimum Gasteiger partial charge on any atom is -0.496 e. The number of hydrazone groups is 1. The number of hydrogen-bond donors (Lipinski definition) is 2. The van der Waals surface area contributed by atoms with Crippen molar-refractivity contribution in [3.05, 3.63) is 71.8 Å². The van der Waals surface area contributed by atoms with Crippen LogP contribution < -0.4 is 20.2 Å². The lowest BCUT2D eigenvalue weighted by Crippen LogP contribution is -2.35. The molecule has 0 aliphatic heterocycles. The van der Waals surface area contributed by atoms with Gasteiger partial charge >= 0.3 is 0 Å². The van der Waals surface area contributed by atoms with Gasteiger partial charge in [0, 0.05) is 5.56 Å². The van der Waals surface area contributed by atoms with E-state index < -0.39 is 11.8 Å². The number of amides is 2. The Balaban J connectivity index is 1.66. The topological polar surface area (TPSA) is 89.0 Å². The van der Waals surface area contributed by atoms with E-state index in [1.165, 1.54) is 13.3 Å². The van der Waals surface area contributed by atoms with E-state index in [1.807, 2.05) is 30.3 Å². The first-order valence-electron chi connectivity index (χ1n) is 9.45. The second-order valence-electron chi connectivity index (χ2n) is 6.37. The monoisotopic (exact) mass is 415 g/mol. The lowest BCUT2D eigenvalue weighted by molar-refractivity contribution is -0.120. The summed E-state index contributed by atoms with van der Waals surface area (Å²) in [6.45, 7) is -0.134. The molecule has 0 atom stereocenters. The largest absolute Gasteiger partial charge is 0.496 e. The number of nitrogens with one attached hydrogen (secondary N) is 2. The smallest absolute Gasteiger partial charge is 0.259 e. The molecule has 0 aromatic heterocycles. The molecule has 156 valence electrons. The Morgan fingerprint density at radius 1 is 1.06 bits per heavy atom. The van der Waals surface area contributed by atoms with Gasteiger partial charge in [-0.2, -0.15) is 5.10 Å². The number of para-hydroxylation sites is 1. The molecule has 3 aromatic rings. The van der Waals surface area contributed by atoms with Crippen molar-refractivity contribution in [1.82, 2.24) is 10.7 Å². The Morgan fingerprint density at radius 2 is 1.84 bits per heavy atom. The number of nitrogens with zero attached hydrogens (tertiary/aromatic N) is 1. The fourth-order valence-electron chi connectivity index (χ4n) is 2.95. The van der Waals surface area contributed by atoms with Gasteiger partial charge in [0.15, 0.2) is 0 Å². The van der Waals surface area contributed by atoms with E-state index in [-0.39, 0.29) is 13.2 Å². The van der Waals surface area contributed by atoms with Gasteiger partial charge in [0.2, 0.25) is 0 Å². The molecule has 3 rings (SSSR count). The number of hydrogen-bond acceptors (Lipinski definition) is 5. The molecule has 0 heterocycles. The van der Waals surface area contributed by atoms with E-state index in [0.717, 1.165) is 10.8 Å². The fraction of sp³-hybridized carbons (Fsp3) is 0.125. The minimum atomic E-state index is -0.481. The number of methoxy groups -OCH3 is 1. The molecule has 0 aliphatic rings. The van der Waals surface area contributed by atoms with Crippen LogP contribution in [0.5, 0.6) is 11.5 Å². The molecular formula is C24H21N3O4. The van der Waals surface area contributed by atoms with Crippen LogP contribution >= 0.6 is 0 Å². The number of carbonyl (C=O) groups is 2. The molecule has 3 aromatic carbocycles. The highest BCUT2D eigenvalue weighted by atomic mass is 16.5. The van der Waals surface area contributed by atoms with E-state index in [4.69, 9.17) is 15.9 Å². The first-order chi connectivity index (χ1) is 15.1. The lowest BCUT2D eigenvalue weighted by atomic mass is 10.0. The molecule has 0 fully saturated rings. The van der Waals surface area contributed by atoms with Crippen LogP contribution in [0.2, 0.25) is 0 Å². The van der Waals surface area contributed by atoms with Gasteiger partial charge in [0.25, 0.3) is 11.8 Å². The highest BCUT2D eigenvalue weighted by Crippen LogP contribution is 2.26. The third kappa shape index (κ3) is 5.40. The average Bonchev–Trinajstić information content (AvgIpc) is 2.81. The van der Waals surface area contributed by atoms with E-state index in [2.05, 4.69) is 21.8 Å². The Hall–Kier alpha value is -4.31.